The van der Waals surface area contributed by atoms with Gasteiger partial charge in [0.2, 0.25) is 5.91 Å². The van der Waals surface area contributed by atoms with Crippen molar-refractivity contribution in [2.45, 2.75) is 6.92 Å². The Labute approximate surface area is 84.6 Å². The molecule has 0 bridgehead atoms. The van der Waals surface area contributed by atoms with Gasteiger partial charge in [-0.2, -0.15) is 0 Å². The van der Waals surface area contributed by atoms with E-state index in [0.717, 1.165) is 12.1 Å². The van der Waals surface area contributed by atoms with E-state index in [1.165, 1.54) is 6.92 Å². The molecule has 4 nitrogen and oxygen atoms in total. The van der Waals surface area contributed by atoms with Crippen molar-refractivity contribution in [3.05, 3.63) is 29.3 Å². The molecule has 1 amide bonds. The fourth-order valence-electron chi connectivity index (χ4n) is 1.11. The Morgan fingerprint density at radius 1 is 1.40 bits per heavy atom. The highest BCUT2D eigenvalue weighted by molar-refractivity contribution is 5.96. The van der Waals surface area contributed by atoms with Crippen molar-refractivity contribution in [2.24, 2.45) is 5.73 Å². The number of hydrogen-bond acceptors (Lipinski definition) is 2. The van der Waals surface area contributed by atoms with E-state index in [1.807, 2.05) is 0 Å². The van der Waals surface area contributed by atoms with Crippen molar-refractivity contribution in [3.8, 4) is 0 Å². The monoisotopic (exact) mass is 213 g/mol. The highest BCUT2D eigenvalue weighted by atomic mass is 19.1. The molecule has 1 aromatic rings. The molecule has 0 aliphatic rings. The van der Waals surface area contributed by atoms with Crippen molar-refractivity contribution in [2.75, 3.05) is 5.32 Å². The molecule has 0 aliphatic heterocycles. The van der Waals surface area contributed by atoms with E-state index < -0.39 is 28.9 Å². The average molecular weight is 213 g/mol. The molecule has 1 rings (SSSR count). The number of rotatable bonds is 2. The predicted molar refractivity (Wildman–Crippen MR) is 51.7 cm³/mol. The van der Waals surface area contributed by atoms with Gasteiger partial charge >= 0.3 is 0 Å². The van der Waals surface area contributed by atoms with Crippen LogP contribution in [0.1, 0.15) is 12.5 Å². The van der Waals surface area contributed by atoms with E-state index in [0.29, 0.717) is 0 Å². The molecule has 0 aromatic heterocycles. The molecule has 4 N–H and O–H groups in total. The maximum absolute atomic E-state index is 13.2. The molecular weight excluding hydrogens is 204 g/mol. The second kappa shape index (κ2) is 4.04. The summed E-state index contributed by atoms with van der Waals surface area (Å²) in [7, 11) is 0. The number of nitrogens with one attached hydrogen (secondary N) is 2. The maximum atomic E-state index is 13.2. The topological polar surface area (TPSA) is 79.0 Å². The number of carbonyl (C=O) groups excluding carboxylic acids is 1. The van der Waals surface area contributed by atoms with Crippen LogP contribution in [-0.4, -0.2) is 11.7 Å². The second-order valence-corrected chi connectivity index (χ2v) is 2.91. The molecule has 1 aromatic carbocycles. The number of benzene rings is 1. The number of amides is 1. The van der Waals surface area contributed by atoms with Gasteiger partial charge < -0.3 is 11.1 Å². The Balaban J connectivity index is 3.19. The van der Waals surface area contributed by atoms with Gasteiger partial charge in [-0.25, -0.2) is 8.78 Å². The van der Waals surface area contributed by atoms with Crippen LogP contribution in [0.5, 0.6) is 0 Å². The van der Waals surface area contributed by atoms with Crippen molar-refractivity contribution in [1.82, 2.24) is 0 Å². The van der Waals surface area contributed by atoms with Crippen molar-refractivity contribution < 1.29 is 13.6 Å². The molecule has 0 heterocycles. The predicted octanol–water partition coefficient (Wildman–Crippen LogP) is 1.21. The Morgan fingerprint density at radius 2 is 1.87 bits per heavy atom. The highest BCUT2D eigenvalue weighted by Gasteiger charge is 2.13. The van der Waals surface area contributed by atoms with Gasteiger partial charge in [-0.1, -0.05) is 0 Å². The molecule has 0 atom stereocenters. The first-order valence-electron chi connectivity index (χ1n) is 4.03. The summed E-state index contributed by atoms with van der Waals surface area (Å²) in [6.07, 6.45) is 0. The average Bonchev–Trinajstić information content (AvgIpc) is 1.99. The van der Waals surface area contributed by atoms with Crippen LogP contribution in [0.25, 0.3) is 0 Å². The lowest BCUT2D eigenvalue weighted by atomic mass is 10.1. The van der Waals surface area contributed by atoms with Gasteiger partial charge in [-0.15, -0.1) is 0 Å². The van der Waals surface area contributed by atoms with Gasteiger partial charge in [0.25, 0.3) is 0 Å². The standard InChI is InChI=1S/C9H9F2N3O/c1-4(15)14-5-2-6(10)8(9(12)13)7(11)3-5/h2-3H,1H3,(H3,12,13)(H,14,15). The van der Waals surface area contributed by atoms with Crippen molar-refractivity contribution >= 4 is 17.4 Å². The molecule has 0 fully saturated rings. The van der Waals surface area contributed by atoms with Gasteiger partial charge in [0, 0.05) is 12.6 Å². The molecule has 0 aliphatic carbocycles. The lowest BCUT2D eigenvalue weighted by molar-refractivity contribution is -0.114. The molecule has 15 heavy (non-hydrogen) atoms. The zero-order chi connectivity index (χ0) is 11.6. The number of halogens is 2. The van der Waals surface area contributed by atoms with Crippen LogP contribution in [0.15, 0.2) is 12.1 Å². The summed E-state index contributed by atoms with van der Waals surface area (Å²) < 4.78 is 26.4. The number of anilines is 1. The summed E-state index contributed by atoms with van der Waals surface area (Å²) in [4.78, 5) is 10.6. The first kappa shape index (κ1) is 11.1. The third-order valence-electron chi connectivity index (χ3n) is 1.63. The lowest BCUT2D eigenvalue weighted by Crippen LogP contribution is -2.16. The van der Waals surface area contributed by atoms with Gasteiger partial charge in [0.15, 0.2) is 0 Å². The fourth-order valence-corrected chi connectivity index (χ4v) is 1.11. The zero-order valence-corrected chi connectivity index (χ0v) is 7.90. The summed E-state index contributed by atoms with van der Waals surface area (Å²) in [5.74, 6) is -3.10. The summed E-state index contributed by atoms with van der Waals surface area (Å²) >= 11 is 0. The summed E-state index contributed by atoms with van der Waals surface area (Å²) in [6.45, 7) is 1.22. The minimum absolute atomic E-state index is 0.0116. The summed E-state index contributed by atoms with van der Waals surface area (Å²) in [6, 6.07) is 1.81. The third kappa shape index (κ3) is 2.49. The molecule has 6 heteroatoms. The Bertz CT molecular complexity index is 408. The number of nitrogen functional groups attached to an aromatic ring is 1. The number of carbonyl (C=O) groups is 1. The largest absolute Gasteiger partial charge is 0.384 e. The maximum Gasteiger partial charge on any atom is 0.221 e. The van der Waals surface area contributed by atoms with Gasteiger partial charge in [-0.05, 0) is 12.1 Å². The number of hydrogen-bond donors (Lipinski definition) is 3. The van der Waals surface area contributed by atoms with E-state index in [1.54, 1.807) is 0 Å². The smallest absolute Gasteiger partial charge is 0.221 e. The quantitative estimate of drug-likeness (QED) is 0.510. The van der Waals surface area contributed by atoms with Gasteiger partial charge in [0.1, 0.15) is 17.5 Å². The molecular formula is C9H9F2N3O. The number of nitrogens with two attached hydrogens (primary N) is 1. The molecule has 0 radical (unpaired) electrons. The van der Waals surface area contributed by atoms with Crippen molar-refractivity contribution in [3.63, 3.8) is 0 Å². The third-order valence-corrected chi connectivity index (χ3v) is 1.63. The van der Waals surface area contributed by atoms with Crippen LogP contribution in [-0.2, 0) is 4.79 Å². The first-order valence-corrected chi connectivity index (χ1v) is 4.03. The Hall–Kier alpha value is -1.98. The van der Waals surface area contributed by atoms with E-state index in [-0.39, 0.29) is 5.69 Å². The van der Waals surface area contributed by atoms with Crippen LogP contribution in [0.4, 0.5) is 14.5 Å². The van der Waals surface area contributed by atoms with Gasteiger partial charge in [0.05, 0.1) is 5.56 Å². The van der Waals surface area contributed by atoms with Crippen molar-refractivity contribution in [1.29, 1.82) is 5.41 Å². The Kier molecular flexibility index (Phi) is 2.99. The van der Waals surface area contributed by atoms with Crippen LogP contribution in [0.2, 0.25) is 0 Å². The zero-order valence-electron chi connectivity index (χ0n) is 7.90. The normalized spacial score (nSPS) is 9.80. The number of amidine groups is 1. The Morgan fingerprint density at radius 3 is 2.20 bits per heavy atom. The second-order valence-electron chi connectivity index (χ2n) is 2.91. The van der Waals surface area contributed by atoms with Crippen LogP contribution < -0.4 is 11.1 Å². The molecule has 80 valence electrons. The van der Waals surface area contributed by atoms with E-state index in [4.69, 9.17) is 11.1 Å². The van der Waals surface area contributed by atoms with E-state index in [2.05, 4.69) is 5.32 Å². The van der Waals surface area contributed by atoms with Gasteiger partial charge in [-0.3, -0.25) is 10.2 Å². The summed E-state index contributed by atoms with van der Waals surface area (Å²) in [5, 5.41) is 9.16. The minimum atomic E-state index is -0.980. The first-order chi connectivity index (χ1) is 6.91. The molecule has 0 unspecified atom stereocenters. The highest BCUT2D eigenvalue weighted by Crippen LogP contribution is 2.18. The van der Waals surface area contributed by atoms with Crippen LogP contribution in [0, 0.1) is 17.0 Å². The molecule has 0 spiro atoms. The van der Waals surface area contributed by atoms with E-state index in [9.17, 15) is 13.6 Å². The van der Waals surface area contributed by atoms with E-state index >= 15 is 0 Å². The summed E-state index contributed by atoms with van der Waals surface area (Å²) in [5.41, 5.74) is 4.38. The molecule has 0 saturated carbocycles. The van der Waals surface area contributed by atoms with Crippen LogP contribution >= 0.6 is 0 Å². The SMILES string of the molecule is CC(=O)Nc1cc(F)c(C(=N)N)c(F)c1. The minimum Gasteiger partial charge on any atom is -0.384 e. The fraction of sp³-hybridized carbons (Fsp3) is 0.111. The molecule has 0 saturated heterocycles. The lowest BCUT2D eigenvalue weighted by Gasteiger charge is -2.06. The van der Waals surface area contributed by atoms with Crippen LogP contribution in [0.3, 0.4) is 0 Å².